The van der Waals surface area contributed by atoms with Gasteiger partial charge in [0.15, 0.2) is 0 Å². The molecular weight excluding hydrogens is 367 g/mol. The van der Waals surface area contributed by atoms with Crippen molar-refractivity contribution in [2.75, 3.05) is 33.3 Å². The summed E-state index contributed by atoms with van der Waals surface area (Å²) in [6.45, 7) is 4.35. The number of halogens is 1. The van der Waals surface area contributed by atoms with Gasteiger partial charge in [0.2, 0.25) is 0 Å². The van der Waals surface area contributed by atoms with E-state index >= 15 is 0 Å². The molecule has 4 nitrogen and oxygen atoms in total. The number of hydrogen-bond acceptors (Lipinski definition) is 3. The zero-order valence-corrected chi connectivity index (χ0v) is 17.2. The van der Waals surface area contributed by atoms with Gasteiger partial charge in [-0.2, -0.15) is 0 Å². The van der Waals surface area contributed by atoms with Crippen molar-refractivity contribution in [2.45, 2.75) is 32.2 Å². The molecule has 5 heteroatoms. The van der Waals surface area contributed by atoms with Crippen molar-refractivity contribution >= 4 is 6.09 Å². The van der Waals surface area contributed by atoms with Crippen molar-refractivity contribution in [3.8, 4) is 0 Å². The quantitative estimate of drug-likeness (QED) is 0.749. The van der Waals surface area contributed by atoms with Gasteiger partial charge in [-0.05, 0) is 75.0 Å². The maximum absolute atomic E-state index is 12.2. The molecule has 2 aromatic carbocycles. The fourth-order valence-corrected chi connectivity index (χ4v) is 3.82. The Bertz CT molecular complexity index is 760. The van der Waals surface area contributed by atoms with Gasteiger partial charge in [0, 0.05) is 13.1 Å². The highest BCUT2D eigenvalue weighted by molar-refractivity contribution is 5.68. The minimum atomic E-state index is -0.178. The number of fused-ring (bicyclic) bond motifs is 1. The van der Waals surface area contributed by atoms with Crippen LogP contribution in [0.15, 0.2) is 54.6 Å². The number of carbonyl (C=O) groups excluding carboxylic acids is 1. The third kappa shape index (κ3) is 6.86. The molecule has 2 aliphatic rings. The topological polar surface area (TPSA) is 32.8 Å². The van der Waals surface area contributed by atoms with Gasteiger partial charge < -0.3 is 14.5 Å². The lowest BCUT2D eigenvalue weighted by molar-refractivity contribution is 0.0875. The van der Waals surface area contributed by atoms with E-state index < -0.39 is 0 Å². The fraction of sp³-hybridized carbons (Fsp3) is 0.458. The first-order valence-electron chi connectivity index (χ1n) is 10.5. The van der Waals surface area contributed by atoms with Crippen LogP contribution >= 0.6 is 0 Å². The maximum atomic E-state index is 12.2. The molecular formula is C24H31FN2O2. The highest BCUT2D eigenvalue weighted by Gasteiger charge is 2.22. The molecule has 0 atom stereocenters. The second-order valence-corrected chi connectivity index (χ2v) is 7.89. The van der Waals surface area contributed by atoms with Crippen LogP contribution in [0.25, 0.3) is 0 Å². The monoisotopic (exact) mass is 398 g/mol. The predicted octanol–water partition coefficient (Wildman–Crippen LogP) is 4.74. The molecule has 2 aromatic rings. The first kappa shape index (κ1) is 21.3. The summed E-state index contributed by atoms with van der Waals surface area (Å²) in [5.41, 5.74) is 2.61. The molecule has 0 N–H and O–H groups in total. The van der Waals surface area contributed by atoms with Crippen molar-refractivity contribution in [3.63, 3.8) is 0 Å². The Labute approximate surface area is 173 Å². The zero-order valence-electron chi connectivity index (χ0n) is 17.2. The van der Waals surface area contributed by atoms with Crippen LogP contribution in [0.3, 0.4) is 0 Å². The van der Waals surface area contributed by atoms with E-state index in [4.69, 9.17) is 4.74 Å². The Morgan fingerprint density at radius 2 is 1.66 bits per heavy atom. The minimum Gasteiger partial charge on any atom is -0.449 e. The lowest BCUT2D eigenvalue weighted by Gasteiger charge is -2.30. The molecule has 1 fully saturated rings. The average Bonchev–Trinajstić information content (AvgIpc) is 2.76. The van der Waals surface area contributed by atoms with Gasteiger partial charge in [0.25, 0.3) is 0 Å². The molecule has 2 aliphatic heterocycles. The molecule has 0 radical (unpaired) electrons. The summed E-state index contributed by atoms with van der Waals surface area (Å²) in [4.78, 5) is 16.4. The molecule has 0 spiro atoms. The number of likely N-dealkylation sites (tertiary alicyclic amines) is 1. The molecule has 4 rings (SSSR count). The SMILES string of the molecule is CN1CCC(CCOC(=O)N2CCc3ccccc3C2)CC1.Fc1ccccc1. The first-order chi connectivity index (χ1) is 14.1. The van der Waals surface area contributed by atoms with Gasteiger partial charge in [0.1, 0.15) is 5.82 Å². The Hall–Kier alpha value is -2.40. The van der Waals surface area contributed by atoms with E-state index in [1.807, 2.05) is 11.0 Å². The molecule has 29 heavy (non-hydrogen) atoms. The fourth-order valence-electron chi connectivity index (χ4n) is 3.82. The van der Waals surface area contributed by atoms with Gasteiger partial charge in [-0.15, -0.1) is 0 Å². The minimum absolute atomic E-state index is 0.151. The van der Waals surface area contributed by atoms with Crippen molar-refractivity contribution in [3.05, 3.63) is 71.5 Å². The van der Waals surface area contributed by atoms with E-state index in [1.165, 1.54) is 49.2 Å². The number of rotatable bonds is 3. The highest BCUT2D eigenvalue weighted by Crippen LogP contribution is 2.21. The van der Waals surface area contributed by atoms with Crippen LogP contribution in [-0.4, -0.2) is 49.2 Å². The smallest absolute Gasteiger partial charge is 0.410 e. The Morgan fingerprint density at radius 3 is 2.31 bits per heavy atom. The van der Waals surface area contributed by atoms with Crippen LogP contribution in [0.1, 0.15) is 30.4 Å². The van der Waals surface area contributed by atoms with E-state index in [1.54, 1.807) is 18.2 Å². The Morgan fingerprint density at radius 1 is 1.00 bits per heavy atom. The van der Waals surface area contributed by atoms with Crippen LogP contribution in [-0.2, 0) is 17.7 Å². The summed E-state index contributed by atoms with van der Waals surface area (Å²) < 4.78 is 17.4. The number of nitrogens with zero attached hydrogens (tertiary/aromatic N) is 2. The van der Waals surface area contributed by atoms with Gasteiger partial charge in [-0.3, -0.25) is 0 Å². The van der Waals surface area contributed by atoms with Crippen LogP contribution < -0.4 is 0 Å². The average molecular weight is 399 g/mol. The van der Waals surface area contributed by atoms with E-state index in [2.05, 4.69) is 30.1 Å². The van der Waals surface area contributed by atoms with E-state index in [0.717, 1.165) is 19.4 Å². The van der Waals surface area contributed by atoms with Crippen LogP contribution in [0.2, 0.25) is 0 Å². The summed E-state index contributed by atoms with van der Waals surface area (Å²) in [5.74, 6) is 0.536. The second kappa shape index (κ2) is 11.0. The number of carbonyl (C=O) groups is 1. The molecule has 156 valence electrons. The molecule has 1 amide bonds. The zero-order chi connectivity index (χ0) is 20.5. The number of amides is 1. The highest BCUT2D eigenvalue weighted by atomic mass is 19.1. The number of benzene rings is 2. The lowest BCUT2D eigenvalue weighted by Crippen LogP contribution is -2.37. The second-order valence-electron chi connectivity index (χ2n) is 7.89. The Kier molecular flexibility index (Phi) is 8.05. The van der Waals surface area contributed by atoms with E-state index in [0.29, 0.717) is 19.1 Å². The summed E-state index contributed by atoms with van der Waals surface area (Å²) in [5, 5.41) is 0. The summed E-state index contributed by atoms with van der Waals surface area (Å²) in [6.07, 6.45) is 4.24. The molecule has 0 saturated carbocycles. The van der Waals surface area contributed by atoms with Gasteiger partial charge >= 0.3 is 6.09 Å². The summed E-state index contributed by atoms with van der Waals surface area (Å²) in [6, 6.07) is 16.3. The third-order valence-corrected chi connectivity index (χ3v) is 5.71. The van der Waals surface area contributed by atoms with Crippen LogP contribution in [0.5, 0.6) is 0 Å². The summed E-state index contributed by atoms with van der Waals surface area (Å²) >= 11 is 0. The molecule has 0 bridgehead atoms. The molecule has 2 heterocycles. The third-order valence-electron chi connectivity index (χ3n) is 5.71. The Balaban J connectivity index is 0.000000290. The van der Waals surface area contributed by atoms with E-state index in [9.17, 15) is 9.18 Å². The van der Waals surface area contributed by atoms with Crippen LogP contribution in [0, 0.1) is 11.7 Å². The van der Waals surface area contributed by atoms with Crippen molar-refractivity contribution in [1.29, 1.82) is 0 Å². The lowest BCUT2D eigenvalue weighted by atomic mass is 9.94. The van der Waals surface area contributed by atoms with Crippen molar-refractivity contribution < 1.29 is 13.9 Å². The van der Waals surface area contributed by atoms with Gasteiger partial charge in [-0.25, -0.2) is 9.18 Å². The van der Waals surface area contributed by atoms with Crippen molar-refractivity contribution in [1.82, 2.24) is 9.80 Å². The predicted molar refractivity (Wildman–Crippen MR) is 113 cm³/mol. The first-order valence-corrected chi connectivity index (χ1v) is 10.5. The van der Waals surface area contributed by atoms with Gasteiger partial charge in [-0.1, -0.05) is 42.5 Å². The standard InChI is InChI=1S/C18H26N2O2.C6H5F/c1-19-10-6-15(7-11-19)9-13-22-18(21)20-12-8-16-4-2-3-5-17(16)14-20;7-6-4-2-1-3-5-6/h2-5,15H,6-14H2,1H3;1-5H. The molecule has 0 aliphatic carbocycles. The summed E-state index contributed by atoms with van der Waals surface area (Å²) in [7, 11) is 2.17. The van der Waals surface area contributed by atoms with Gasteiger partial charge in [0.05, 0.1) is 6.61 Å². The van der Waals surface area contributed by atoms with Crippen molar-refractivity contribution in [2.24, 2.45) is 5.92 Å². The number of hydrogen-bond donors (Lipinski definition) is 0. The molecule has 1 saturated heterocycles. The number of ether oxygens (including phenoxy) is 1. The number of piperidine rings is 1. The van der Waals surface area contributed by atoms with E-state index in [-0.39, 0.29) is 11.9 Å². The van der Waals surface area contributed by atoms with Crippen LogP contribution in [0.4, 0.5) is 9.18 Å². The molecule has 0 unspecified atom stereocenters. The molecule has 0 aromatic heterocycles. The maximum Gasteiger partial charge on any atom is 0.410 e. The largest absolute Gasteiger partial charge is 0.449 e. The normalized spacial score (nSPS) is 17.1.